The molecule has 6 nitrogen and oxygen atoms in total. The van der Waals surface area contributed by atoms with Crippen molar-refractivity contribution in [2.45, 2.75) is 31.5 Å². The molecular formula is C23H18F3N5O. The third-order valence-corrected chi connectivity index (χ3v) is 5.17. The van der Waals surface area contributed by atoms with E-state index in [0.717, 1.165) is 49.0 Å². The summed E-state index contributed by atoms with van der Waals surface area (Å²) in [5.41, 5.74) is 4.01. The summed E-state index contributed by atoms with van der Waals surface area (Å²) in [7, 11) is 0. The van der Waals surface area contributed by atoms with E-state index in [4.69, 9.17) is 15.4 Å². The van der Waals surface area contributed by atoms with Crippen LogP contribution < -0.4 is 10.1 Å². The molecule has 0 aliphatic heterocycles. The second-order valence-electron chi connectivity index (χ2n) is 7.34. The summed E-state index contributed by atoms with van der Waals surface area (Å²) in [6.45, 7) is 0. The minimum absolute atomic E-state index is 0.181. The topological polar surface area (TPSA) is 94.7 Å². The Morgan fingerprint density at radius 2 is 1.94 bits per heavy atom. The SMILES string of the molecule is N#Cc1ccc2c(c1)CCCC2Oc1ccc(C=N)c(Nc2cnc(C(F)(F)F)nc2)c1. The van der Waals surface area contributed by atoms with Crippen molar-refractivity contribution in [2.75, 3.05) is 5.32 Å². The predicted molar refractivity (Wildman–Crippen MR) is 112 cm³/mol. The molecule has 32 heavy (non-hydrogen) atoms. The first-order valence-electron chi connectivity index (χ1n) is 9.88. The van der Waals surface area contributed by atoms with Crippen molar-refractivity contribution in [3.63, 3.8) is 0 Å². The molecule has 162 valence electrons. The summed E-state index contributed by atoms with van der Waals surface area (Å²) in [4.78, 5) is 6.69. The number of aryl methyl sites for hydroxylation is 1. The first kappa shape index (κ1) is 21.3. The molecule has 1 unspecified atom stereocenters. The van der Waals surface area contributed by atoms with E-state index in [-0.39, 0.29) is 11.8 Å². The average Bonchev–Trinajstić information content (AvgIpc) is 2.79. The smallest absolute Gasteiger partial charge is 0.451 e. The summed E-state index contributed by atoms with van der Waals surface area (Å²) in [6, 6.07) is 12.9. The van der Waals surface area contributed by atoms with Gasteiger partial charge in [0, 0.05) is 17.8 Å². The Hall–Kier alpha value is -3.93. The minimum Gasteiger partial charge on any atom is -0.486 e. The van der Waals surface area contributed by atoms with Crippen molar-refractivity contribution in [1.82, 2.24) is 9.97 Å². The first-order chi connectivity index (χ1) is 15.4. The van der Waals surface area contributed by atoms with Crippen LogP contribution in [0.1, 0.15) is 47.0 Å². The van der Waals surface area contributed by atoms with Crippen LogP contribution >= 0.6 is 0 Å². The molecule has 2 aromatic carbocycles. The van der Waals surface area contributed by atoms with Gasteiger partial charge in [-0.05, 0) is 54.7 Å². The number of alkyl halides is 3. The number of nitriles is 1. The van der Waals surface area contributed by atoms with Crippen LogP contribution in [0.4, 0.5) is 24.5 Å². The lowest BCUT2D eigenvalue weighted by Crippen LogP contribution is -2.15. The number of fused-ring (bicyclic) bond motifs is 1. The van der Waals surface area contributed by atoms with Gasteiger partial charge in [-0.1, -0.05) is 6.07 Å². The van der Waals surface area contributed by atoms with E-state index in [1.807, 2.05) is 12.1 Å². The molecule has 0 radical (unpaired) electrons. The number of rotatable bonds is 5. The number of hydrogen-bond donors (Lipinski definition) is 2. The predicted octanol–water partition coefficient (Wildman–Crippen LogP) is 5.56. The molecule has 0 spiro atoms. The average molecular weight is 437 g/mol. The van der Waals surface area contributed by atoms with E-state index in [1.165, 1.54) is 0 Å². The van der Waals surface area contributed by atoms with Crippen LogP contribution in [-0.4, -0.2) is 16.2 Å². The second kappa shape index (κ2) is 8.67. The quantitative estimate of drug-likeness (QED) is 0.509. The molecule has 0 amide bonds. The maximum absolute atomic E-state index is 12.7. The molecule has 1 aromatic heterocycles. The van der Waals surface area contributed by atoms with E-state index in [9.17, 15) is 13.2 Å². The third kappa shape index (κ3) is 4.54. The molecule has 0 bridgehead atoms. The Labute approximate surface area is 182 Å². The van der Waals surface area contributed by atoms with Gasteiger partial charge in [-0.15, -0.1) is 0 Å². The van der Waals surface area contributed by atoms with Crippen LogP contribution in [0.25, 0.3) is 0 Å². The van der Waals surface area contributed by atoms with Crippen LogP contribution in [0.5, 0.6) is 5.75 Å². The van der Waals surface area contributed by atoms with Crippen molar-refractivity contribution in [2.24, 2.45) is 0 Å². The zero-order valence-electron chi connectivity index (χ0n) is 16.8. The molecular weight excluding hydrogens is 419 g/mol. The lowest BCUT2D eigenvalue weighted by atomic mass is 9.88. The molecule has 1 aliphatic carbocycles. The summed E-state index contributed by atoms with van der Waals surface area (Å²) in [5.74, 6) is -0.670. The Morgan fingerprint density at radius 3 is 2.62 bits per heavy atom. The Kier molecular flexibility index (Phi) is 5.77. The maximum Gasteiger partial charge on any atom is 0.451 e. The fourth-order valence-corrected chi connectivity index (χ4v) is 3.66. The number of anilines is 2. The number of nitrogens with zero attached hydrogens (tertiary/aromatic N) is 3. The van der Waals surface area contributed by atoms with Gasteiger partial charge >= 0.3 is 6.18 Å². The molecule has 0 saturated carbocycles. The standard InChI is InChI=1S/C23H18F3N5O/c24-23(25,26)22-29-12-17(13-30-22)31-20-9-18(6-5-16(20)11-28)32-21-3-1-2-15-8-14(10-27)4-7-19(15)21/h4-9,11-13,21,28,31H,1-3H2. The van der Waals surface area contributed by atoms with Crippen molar-refractivity contribution in [3.8, 4) is 11.8 Å². The second-order valence-corrected chi connectivity index (χ2v) is 7.34. The van der Waals surface area contributed by atoms with Gasteiger partial charge in [0.05, 0.1) is 35.4 Å². The van der Waals surface area contributed by atoms with Crippen LogP contribution in [-0.2, 0) is 12.6 Å². The molecule has 4 rings (SSSR count). The Morgan fingerprint density at radius 1 is 1.16 bits per heavy atom. The molecule has 9 heteroatoms. The molecule has 3 aromatic rings. The van der Waals surface area contributed by atoms with E-state index >= 15 is 0 Å². The molecule has 0 saturated heterocycles. The normalized spacial score (nSPS) is 15.4. The Bertz CT molecular complexity index is 1190. The van der Waals surface area contributed by atoms with Gasteiger partial charge in [-0.2, -0.15) is 18.4 Å². The summed E-state index contributed by atoms with van der Waals surface area (Å²) < 4.78 is 44.3. The third-order valence-electron chi connectivity index (χ3n) is 5.17. The molecule has 2 N–H and O–H groups in total. The van der Waals surface area contributed by atoms with E-state index in [2.05, 4.69) is 21.4 Å². The highest BCUT2D eigenvalue weighted by molar-refractivity contribution is 5.87. The van der Waals surface area contributed by atoms with Gasteiger partial charge in [-0.3, -0.25) is 0 Å². The maximum atomic E-state index is 12.7. The number of halogens is 3. The van der Waals surface area contributed by atoms with Crippen LogP contribution in [0.15, 0.2) is 48.8 Å². The minimum atomic E-state index is -4.61. The monoisotopic (exact) mass is 437 g/mol. The number of hydrogen-bond acceptors (Lipinski definition) is 6. The van der Waals surface area contributed by atoms with E-state index in [0.29, 0.717) is 22.6 Å². The largest absolute Gasteiger partial charge is 0.486 e. The first-order valence-corrected chi connectivity index (χ1v) is 9.88. The fourth-order valence-electron chi connectivity index (χ4n) is 3.66. The summed E-state index contributed by atoms with van der Waals surface area (Å²) in [5, 5.41) is 19.7. The number of aromatic nitrogens is 2. The van der Waals surface area contributed by atoms with Crippen molar-refractivity contribution in [3.05, 3.63) is 76.9 Å². The van der Waals surface area contributed by atoms with Gasteiger partial charge < -0.3 is 15.5 Å². The molecule has 0 fully saturated rings. The Balaban J connectivity index is 1.57. The van der Waals surface area contributed by atoms with Gasteiger partial charge in [0.15, 0.2) is 0 Å². The van der Waals surface area contributed by atoms with Gasteiger partial charge in [0.2, 0.25) is 5.82 Å². The van der Waals surface area contributed by atoms with E-state index in [1.54, 1.807) is 24.3 Å². The molecule has 1 atom stereocenters. The number of ether oxygens (including phenoxy) is 1. The highest BCUT2D eigenvalue weighted by Crippen LogP contribution is 2.35. The zero-order valence-corrected chi connectivity index (χ0v) is 16.8. The number of benzene rings is 2. The van der Waals surface area contributed by atoms with Crippen molar-refractivity contribution < 1.29 is 17.9 Å². The molecule has 1 aliphatic rings. The van der Waals surface area contributed by atoms with Gasteiger partial charge in [0.25, 0.3) is 0 Å². The lowest BCUT2D eigenvalue weighted by Gasteiger charge is -2.27. The highest BCUT2D eigenvalue weighted by Gasteiger charge is 2.34. The highest BCUT2D eigenvalue weighted by atomic mass is 19.4. The molecule has 1 heterocycles. The van der Waals surface area contributed by atoms with E-state index < -0.39 is 12.0 Å². The van der Waals surface area contributed by atoms with Crippen molar-refractivity contribution >= 4 is 17.6 Å². The number of nitrogens with one attached hydrogen (secondary N) is 2. The van der Waals surface area contributed by atoms with Crippen LogP contribution in [0.2, 0.25) is 0 Å². The summed E-state index contributed by atoms with van der Waals surface area (Å²) >= 11 is 0. The van der Waals surface area contributed by atoms with Crippen LogP contribution in [0, 0.1) is 16.7 Å². The zero-order chi connectivity index (χ0) is 22.7. The fraction of sp³-hybridized carbons (Fsp3) is 0.217. The summed E-state index contributed by atoms with van der Waals surface area (Å²) in [6.07, 6.45) is 1.06. The van der Waals surface area contributed by atoms with Crippen LogP contribution in [0.3, 0.4) is 0 Å². The van der Waals surface area contributed by atoms with Crippen molar-refractivity contribution in [1.29, 1.82) is 10.7 Å². The van der Waals surface area contributed by atoms with Gasteiger partial charge in [0.1, 0.15) is 11.9 Å². The lowest BCUT2D eigenvalue weighted by molar-refractivity contribution is -0.144. The van der Waals surface area contributed by atoms with Gasteiger partial charge in [-0.25, -0.2) is 9.97 Å².